The number of hydrogen-bond acceptors (Lipinski definition) is 5. The van der Waals surface area contributed by atoms with Crippen LogP contribution >= 0.6 is 11.3 Å². The van der Waals surface area contributed by atoms with Gasteiger partial charge >= 0.3 is 0 Å². The highest BCUT2D eigenvalue weighted by atomic mass is 32.2. The Kier molecular flexibility index (Phi) is 7.32. The molecule has 34 heavy (non-hydrogen) atoms. The van der Waals surface area contributed by atoms with Gasteiger partial charge in [-0.3, -0.25) is 4.79 Å². The van der Waals surface area contributed by atoms with Crippen molar-refractivity contribution in [1.29, 1.82) is 0 Å². The molecule has 10 heteroatoms. The first kappa shape index (κ1) is 24.7. The van der Waals surface area contributed by atoms with Crippen molar-refractivity contribution in [2.45, 2.75) is 31.7 Å². The van der Waals surface area contributed by atoms with Crippen LogP contribution in [0.15, 0.2) is 52.4 Å². The maximum Gasteiger partial charge on any atom is 0.279 e. The van der Waals surface area contributed by atoms with Gasteiger partial charge in [0.1, 0.15) is 5.82 Å². The van der Waals surface area contributed by atoms with E-state index < -0.39 is 15.9 Å². The number of nitrogens with zero attached hydrogens (tertiary/aromatic N) is 3. The molecule has 1 aliphatic heterocycles. The lowest BCUT2D eigenvalue weighted by molar-refractivity contribution is 0.0997. The molecule has 1 amide bonds. The van der Waals surface area contributed by atoms with Crippen molar-refractivity contribution in [3.63, 3.8) is 0 Å². The summed E-state index contributed by atoms with van der Waals surface area (Å²) in [5, 5.41) is 0. The number of ether oxygens (including phenoxy) is 1. The normalized spacial score (nSPS) is 20.2. The molecule has 1 aromatic heterocycles. The summed E-state index contributed by atoms with van der Waals surface area (Å²) in [5.74, 6) is -0.252. The number of carbonyl (C=O) groups excluding carboxylic acids is 1. The van der Waals surface area contributed by atoms with Gasteiger partial charge in [0.05, 0.1) is 21.7 Å². The number of aromatic nitrogens is 1. The van der Waals surface area contributed by atoms with Crippen LogP contribution in [0.1, 0.15) is 30.6 Å². The number of halogens is 1. The highest BCUT2D eigenvalue weighted by Gasteiger charge is 2.31. The fourth-order valence-corrected chi connectivity index (χ4v) is 7.16. The van der Waals surface area contributed by atoms with Crippen molar-refractivity contribution in [3.05, 3.63) is 58.6 Å². The summed E-state index contributed by atoms with van der Waals surface area (Å²) in [6.45, 7) is 5.97. The molecule has 2 aromatic carbocycles. The third kappa shape index (κ3) is 5.14. The van der Waals surface area contributed by atoms with Crippen LogP contribution in [0.4, 0.5) is 4.39 Å². The monoisotopic (exact) mass is 505 g/mol. The van der Waals surface area contributed by atoms with E-state index in [1.807, 2.05) is 4.57 Å². The minimum atomic E-state index is -3.63. The molecule has 0 N–H and O–H groups in total. The van der Waals surface area contributed by atoms with E-state index in [4.69, 9.17) is 4.74 Å². The van der Waals surface area contributed by atoms with E-state index in [0.29, 0.717) is 47.6 Å². The SMILES string of the molecule is COCCn1c(=NC(=O)c2ccc(S(=O)(=O)N3C[C@H](C)C[C@H](C)C3)cc2)sc2cc(F)ccc21. The standard InChI is InChI=1S/C24H28FN3O4S2/c1-16-12-17(2)15-27(14-16)34(30,31)20-7-4-18(5-8-20)23(29)26-24-28(10-11-32-3)21-9-6-19(25)13-22(21)33-24/h4-9,13,16-17H,10-12,14-15H2,1-3H3/t16-,17+. The number of fused-ring (bicyclic) bond motifs is 1. The lowest BCUT2D eigenvalue weighted by Gasteiger charge is -2.34. The molecule has 182 valence electrons. The molecule has 0 spiro atoms. The van der Waals surface area contributed by atoms with Crippen molar-refractivity contribution in [1.82, 2.24) is 8.87 Å². The minimum absolute atomic E-state index is 0.165. The predicted molar refractivity (Wildman–Crippen MR) is 130 cm³/mol. The molecule has 2 atom stereocenters. The lowest BCUT2D eigenvalue weighted by Crippen LogP contribution is -2.42. The van der Waals surface area contributed by atoms with E-state index in [1.165, 1.54) is 52.0 Å². The Hall–Kier alpha value is -2.40. The van der Waals surface area contributed by atoms with E-state index in [9.17, 15) is 17.6 Å². The first-order chi connectivity index (χ1) is 16.2. The molecule has 1 fully saturated rings. The van der Waals surface area contributed by atoms with Crippen molar-refractivity contribution >= 4 is 37.5 Å². The van der Waals surface area contributed by atoms with Crippen molar-refractivity contribution in [2.75, 3.05) is 26.8 Å². The average Bonchev–Trinajstić information content (AvgIpc) is 3.12. The molecule has 1 saturated heterocycles. The Bertz CT molecular complexity index is 1350. The van der Waals surface area contributed by atoms with Gasteiger partial charge in [-0.15, -0.1) is 0 Å². The topological polar surface area (TPSA) is 81.0 Å². The molecular formula is C24H28FN3O4S2. The average molecular weight is 506 g/mol. The van der Waals surface area contributed by atoms with Gasteiger partial charge in [0.2, 0.25) is 10.0 Å². The first-order valence-electron chi connectivity index (χ1n) is 11.2. The number of piperidine rings is 1. The molecule has 4 rings (SSSR count). The third-order valence-electron chi connectivity index (χ3n) is 5.94. The van der Waals surface area contributed by atoms with Crippen LogP contribution < -0.4 is 4.80 Å². The van der Waals surface area contributed by atoms with Gasteiger partial charge in [-0.2, -0.15) is 9.30 Å². The quantitative estimate of drug-likeness (QED) is 0.509. The second-order valence-corrected chi connectivity index (χ2v) is 11.8. The first-order valence-corrected chi connectivity index (χ1v) is 13.4. The fraction of sp³-hybridized carbons (Fsp3) is 0.417. The van der Waals surface area contributed by atoms with Gasteiger partial charge in [0, 0.05) is 32.3 Å². The Labute approximate surface area is 202 Å². The molecular weight excluding hydrogens is 477 g/mol. The second kappa shape index (κ2) is 10.1. The van der Waals surface area contributed by atoms with Crippen LogP contribution in [0, 0.1) is 17.7 Å². The number of hydrogen-bond donors (Lipinski definition) is 0. The summed E-state index contributed by atoms with van der Waals surface area (Å²) in [7, 11) is -2.05. The highest BCUT2D eigenvalue weighted by Crippen LogP contribution is 2.27. The number of rotatable bonds is 6. The van der Waals surface area contributed by atoms with E-state index in [1.54, 1.807) is 13.2 Å². The van der Waals surface area contributed by atoms with E-state index in [-0.39, 0.29) is 16.3 Å². The summed E-state index contributed by atoms with van der Waals surface area (Å²) in [6, 6.07) is 10.3. The molecule has 0 aliphatic carbocycles. The molecule has 0 bridgehead atoms. The molecule has 7 nitrogen and oxygen atoms in total. The highest BCUT2D eigenvalue weighted by molar-refractivity contribution is 7.89. The van der Waals surface area contributed by atoms with E-state index >= 15 is 0 Å². The smallest absolute Gasteiger partial charge is 0.279 e. The zero-order valence-electron chi connectivity index (χ0n) is 19.4. The summed E-state index contributed by atoms with van der Waals surface area (Å²) < 4.78 is 49.1. The van der Waals surface area contributed by atoms with Gasteiger partial charge in [0.25, 0.3) is 5.91 Å². The van der Waals surface area contributed by atoms with Gasteiger partial charge in [-0.05, 0) is 60.7 Å². The zero-order valence-corrected chi connectivity index (χ0v) is 21.0. The van der Waals surface area contributed by atoms with Crippen molar-refractivity contribution in [3.8, 4) is 0 Å². The van der Waals surface area contributed by atoms with Crippen molar-refractivity contribution in [2.24, 2.45) is 16.8 Å². The number of thiazole rings is 1. The number of sulfonamides is 1. The number of benzene rings is 2. The van der Waals surface area contributed by atoms with Gasteiger partial charge in [-0.1, -0.05) is 25.2 Å². The van der Waals surface area contributed by atoms with Crippen LogP contribution in [-0.2, 0) is 21.3 Å². The molecule has 0 radical (unpaired) electrons. The van der Waals surface area contributed by atoms with Crippen LogP contribution in [0.5, 0.6) is 0 Å². The van der Waals surface area contributed by atoms with Crippen LogP contribution in [0.2, 0.25) is 0 Å². The predicted octanol–water partition coefficient (Wildman–Crippen LogP) is 3.90. The third-order valence-corrected chi connectivity index (χ3v) is 8.82. The fourth-order valence-electron chi connectivity index (χ4n) is 4.40. The van der Waals surface area contributed by atoms with Gasteiger partial charge < -0.3 is 9.30 Å². The molecule has 0 saturated carbocycles. The van der Waals surface area contributed by atoms with Gasteiger partial charge in [-0.25, -0.2) is 12.8 Å². The maximum atomic E-state index is 13.7. The number of amides is 1. The molecule has 3 aromatic rings. The summed E-state index contributed by atoms with van der Waals surface area (Å²) in [6.07, 6.45) is 1.01. The maximum absolute atomic E-state index is 13.7. The molecule has 1 aliphatic rings. The number of carbonyl (C=O) groups is 1. The minimum Gasteiger partial charge on any atom is -0.383 e. The van der Waals surface area contributed by atoms with E-state index in [2.05, 4.69) is 18.8 Å². The summed E-state index contributed by atoms with van der Waals surface area (Å²) in [5.41, 5.74) is 1.04. The Balaban J connectivity index is 1.63. The van der Waals surface area contributed by atoms with Crippen molar-refractivity contribution < 1.29 is 22.3 Å². The molecule has 0 unspecified atom stereocenters. The lowest BCUT2D eigenvalue weighted by atomic mass is 9.94. The Morgan fingerprint density at radius 1 is 1.15 bits per heavy atom. The summed E-state index contributed by atoms with van der Waals surface area (Å²) in [4.78, 5) is 17.7. The Morgan fingerprint density at radius 3 is 2.47 bits per heavy atom. The van der Waals surface area contributed by atoms with Crippen LogP contribution in [0.3, 0.4) is 0 Å². The van der Waals surface area contributed by atoms with Gasteiger partial charge in [0.15, 0.2) is 4.80 Å². The molecule has 2 heterocycles. The van der Waals surface area contributed by atoms with Crippen LogP contribution in [-0.4, -0.2) is 50.0 Å². The largest absolute Gasteiger partial charge is 0.383 e. The van der Waals surface area contributed by atoms with Crippen LogP contribution in [0.25, 0.3) is 10.2 Å². The zero-order chi connectivity index (χ0) is 24.5. The second-order valence-electron chi connectivity index (χ2n) is 8.85. The summed E-state index contributed by atoms with van der Waals surface area (Å²) >= 11 is 1.22. The van der Waals surface area contributed by atoms with E-state index in [0.717, 1.165) is 11.9 Å². The number of methoxy groups -OCH3 is 1. The Morgan fingerprint density at radius 2 is 1.82 bits per heavy atom.